The highest BCUT2D eigenvalue weighted by Crippen LogP contribution is 2.26. The Bertz CT molecular complexity index is 546. The van der Waals surface area contributed by atoms with Gasteiger partial charge in [0.2, 0.25) is 10.0 Å². The van der Waals surface area contributed by atoms with E-state index in [-0.39, 0.29) is 23.2 Å². The van der Waals surface area contributed by atoms with Crippen LogP contribution in [-0.2, 0) is 14.8 Å². The van der Waals surface area contributed by atoms with E-state index in [9.17, 15) is 8.42 Å². The van der Waals surface area contributed by atoms with Gasteiger partial charge < -0.3 is 10.5 Å². The van der Waals surface area contributed by atoms with Crippen molar-refractivity contribution in [1.82, 2.24) is 4.72 Å². The molecule has 0 aliphatic heterocycles. The summed E-state index contributed by atoms with van der Waals surface area (Å²) in [7, 11) is -3.61. The molecular formula is C12H19ClN2O3S. The minimum Gasteiger partial charge on any atom is -0.397 e. The predicted molar refractivity (Wildman–Crippen MR) is 76.9 cm³/mol. The number of nitrogen functional groups attached to an aromatic ring is 1. The quantitative estimate of drug-likeness (QED) is 0.787. The number of nitrogens with two attached hydrogens (primary N) is 1. The van der Waals surface area contributed by atoms with Crippen LogP contribution in [0.2, 0.25) is 5.02 Å². The van der Waals surface area contributed by atoms with E-state index in [2.05, 4.69) is 4.72 Å². The lowest BCUT2D eigenvalue weighted by Gasteiger charge is -2.14. The van der Waals surface area contributed by atoms with E-state index in [0.717, 1.165) is 0 Å². The summed E-state index contributed by atoms with van der Waals surface area (Å²) < 4.78 is 32.1. The molecule has 0 amide bonds. The van der Waals surface area contributed by atoms with Crippen LogP contribution in [0.5, 0.6) is 0 Å². The van der Waals surface area contributed by atoms with Crippen LogP contribution in [-0.4, -0.2) is 27.7 Å². The molecule has 1 aromatic rings. The first-order valence-corrected chi connectivity index (χ1v) is 7.81. The number of halogens is 1. The minimum atomic E-state index is -3.61. The van der Waals surface area contributed by atoms with Crippen molar-refractivity contribution in [1.29, 1.82) is 0 Å². The number of hydrogen-bond donors (Lipinski definition) is 2. The molecule has 1 unspecified atom stereocenters. The standard InChI is InChI=1S/C12H19ClN2O3S/c1-4-18-9(3)7-15-19(16,17)12-6-11(14)10(13)5-8(12)2/h5-6,9,15H,4,7,14H2,1-3H3. The zero-order valence-electron chi connectivity index (χ0n) is 11.2. The monoisotopic (exact) mass is 306 g/mol. The molecule has 19 heavy (non-hydrogen) atoms. The second kappa shape index (κ2) is 6.56. The molecule has 7 heteroatoms. The van der Waals surface area contributed by atoms with Gasteiger partial charge in [0, 0.05) is 13.2 Å². The van der Waals surface area contributed by atoms with E-state index in [4.69, 9.17) is 22.1 Å². The summed E-state index contributed by atoms with van der Waals surface area (Å²) in [5.41, 5.74) is 6.43. The zero-order valence-corrected chi connectivity index (χ0v) is 12.8. The molecule has 0 bridgehead atoms. The number of aryl methyl sites for hydroxylation is 1. The molecule has 1 aromatic carbocycles. The first-order chi connectivity index (χ1) is 8.77. The van der Waals surface area contributed by atoms with Crippen LogP contribution >= 0.6 is 11.6 Å². The van der Waals surface area contributed by atoms with E-state index in [0.29, 0.717) is 17.2 Å². The third kappa shape index (κ3) is 4.35. The normalized spacial score (nSPS) is 13.5. The molecule has 0 aromatic heterocycles. The maximum absolute atomic E-state index is 12.2. The third-order valence-corrected chi connectivity index (χ3v) is 4.49. The molecule has 0 spiro atoms. The lowest BCUT2D eigenvalue weighted by molar-refractivity contribution is 0.0799. The Balaban J connectivity index is 2.92. The summed E-state index contributed by atoms with van der Waals surface area (Å²) in [5, 5.41) is 0.346. The highest BCUT2D eigenvalue weighted by molar-refractivity contribution is 7.89. The van der Waals surface area contributed by atoms with Gasteiger partial charge in [-0.25, -0.2) is 13.1 Å². The van der Waals surface area contributed by atoms with Crippen molar-refractivity contribution in [3.63, 3.8) is 0 Å². The van der Waals surface area contributed by atoms with E-state index in [1.54, 1.807) is 13.8 Å². The highest BCUT2D eigenvalue weighted by Gasteiger charge is 2.19. The molecular weight excluding hydrogens is 288 g/mol. The largest absolute Gasteiger partial charge is 0.397 e. The Morgan fingerprint density at radius 2 is 2.11 bits per heavy atom. The topological polar surface area (TPSA) is 81.4 Å². The van der Waals surface area contributed by atoms with Gasteiger partial charge in [0.1, 0.15) is 0 Å². The maximum atomic E-state index is 12.2. The second-order valence-electron chi connectivity index (χ2n) is 4.26. The van der Waals surface area contributed by atoms with Crippen LogP contribution < -0.4 is 10.5 Å². The molecule has 108 valence electrons. The summed E-state index contributed by atoms with van der Waals surface area (Å²) in [6.07, 6.45) is -0.190. The lowest BCUT2D eigenvalue weighted by atomic mass is 10.2. The van der Waals surface area contributed by atoms with Gasteiger partial charge in [0.05, 0.1) is 21.7 Å². The smallest absolute Gasteiger partial charge is 0.240 e. The van der Waals surface area contributed by atoms with Crippen molar-refractivity contribution in [2.45, 2.75) is 31.8 Å². The highest BCUT2D eigenvalue weighted by atomic mass is 35.5. The van der Waals surface area contributed by atoms with Gasteiger partial charge in [0.15, 0.2) is 0 Å². The zero-order chi connectivity index (χ0) is 14.6. The summed E-state index contributed by atoms with van der Waals surface area (Å²) >= 11 is 5.84. The number of benzene rings is 1. The molecule has 3 N–H and O–H groups in total. The van der Waals surface area contributed by atoms with Crippen LogP contribution in [0.15, 0.2) is 17.0 Å². The number of anilines is 1. The number of rotatable bonds is 6. The van der Waals surface area contributed by atoms with Crippen LogP contribution in [0, 0.1) is 6.92 Å². The minimum absolute atomic E-state index is 0.137. The average molecular weight is 307 g/mol. The van der Waals surface area contributed by atoms with Crippen molar-refractivity contribution in [2.24, 2.45) is 0 Å². The van der Waals surface area contributed by atoms with Crippen LogP contribution in [0.3, 0.4) is 0 Å². The van der Waals surface area contributed by atoms with Gasteiger partial charge in [-0.15, -0.1) is 0 Å². The molecule has 0 radical (unpaired) electrons. The van der Waals surface area contributed by atoms with E-state index in [1.165, 1.54) is 12.1 Å². The number of sulfonamides is 1. The molecule has 1 rings (SSSR count). The Labute approximate surface area is 119 Å². The molecule has 5 nitrogen and oxygen atoms in total. The Kier molecular flexibility index (Phi) is 5.61. The van der Waals surface area contributed by atoms with E-state index < -0.39 is 10.0 Å². The Morgan fingerprint density at radius 1 is 1.47 bits per heavy atom. The van der Waals surface area contributed by atoms with Crippen LogP contribution in [0.25, 0.3) is 0 Å². The van der Waals surface area contributed by atoms with Gasteiger partial charge in [-0.05, 0) is 38.5 Å². The van der Waals surface area contributed by atoms with Crippen molar-refractivity contribution in [3.8, 4) is 0 Å². The molecule has 0 saturated carbocycles. The predicted octanol–water partition coefficient (Wildman–Crippen LogP) is 1.93. The Morgan fingerprint density at radius 3 is 2.68 bits per heavy atom. The van der Waals surface area contributed by atoms with Gasteiger partial charge in [0.25, 0.3) is 0 Å². The van der Waals surface area contributed by atoms with E-state index >= 15 is 0 Å². The summed E-state index contributed by atoms with van der Waals surface area (Å²) in [5.74, 6) is 0. The summed E-state index contributed by atoms with van der Waals surface area (Å²) in [6.45, 7) is 6.07. The van der Waals surface area contributed by atoms with Crippen LogP contribution in [0.1, 0.15) is 19.4 Å². The fraction of sp³-hybridized carbons (Fsp3) is 0.500. The second-order valence-corrected chi connectivity index (χ2v) is 6.40. The SMILES string of the molecule is CCOC(C)CNS(=O)(=O)c1cc(N)c(Cl)cc1C. The molecule has 0 heterocycles. The fourth-order valence-corrected chi connectivity index (χ4v) is 3.20. The molecule has 1 atom stereocenters. The van der Waals surface area contributed by atoms with Gasteiger partial charge >= 0.3 is 0 Å². The average Bonchev–Trinajstić information content (AvgIpc) is 2.31. The molecule has 0 fully saturated rings. The fourth-order valence-electron chi connectivity index (χ4n) is 1.61. The van der Waals surface area contributed by atoms with Crippen molar-refractivity contribution in [3.05, 3.63) is 22.7 Å². The first-order valence-electron chi connectivity index (χ1n) is 5.94. The number of nitrogens with one attached hydrogen (secondary N) is 1. The van der Waals surface area contributed by atoms with Crippen molar-refractivity contribution in [2.75, 3.05) is 18.9 Å². The van der Waals surface area contributed by atoms with Gasteiger partial charge in [-0.3, -0.25) is 0 Å². The van der Waals surface area contributed by atoms with Crippen LogP contribution in [0.4, 0.5) is 5.69 Å². The number of ether oxygens (including phenoxy) is 1. The van der Waals surface area contributed by atoms with Crippen molar-refractivity contribution >= 4 is 27.3 Å². The van der Waals surface area contributed by atoms with Crippen molar-refractivity contribution < 1.29 is 13.2 Å². The summed E-state index contributed by atoms with van der Waals surface area (Å²) in [6, 6.07) is 2.91. The molecule has 0 aliphatic rings. The number of hydrogen-bond acceptors (Lipinski definition) is 4. The molecule has 0 aliphatic carbocycles. The maximum Gasteiger partial charge on any atom is 0.240 e. The van der Waals surface area contributed by atoms with Gasteiger partial charge in [-0.2, -0.15) is 0 Å². The first kappa shape index (κ1) is 16.2. The third-order valence-electron chi connectivity index (χ3n) is 2.60. The summed E-state index contributed by atoms with van der Waals surface area (Å²) in [4.78, 5) is 0.137. The Hall–Kier alpha value is -0.820. The molecule has 0 saturated heterocycles. The van der Waals surface area contributed by atoms with Gasteiger partial charge in [-0.1, -0.05) is 11.6 Å². The lowest BCUT2D eigenvalue weighted by Crippen LogP contribution is -2.32. The van der Waals surface area contributed by atoms with E-state index in [1.807, 2.05) is 6.92 Å².